The van der Waals surface area contributed by atoms with E-state index < -0.39 is 0 Å². The second kappa shape index (κ2) is 10.1. The number of rotatable bonds is 5. The van der Waals surface area contributed by atoms with Gasteiger partial charge in [-0.05, 0) is 36.8 Å². The highest BCUT2D eigenvalue weighted by Gasteiger charge is 2.36. The monoisotopic (exact) mass is 408 g/mol. The number of urea groups is 1. The van der Waals surface area contributed by atoms with Gasteiger partial charge in [-0.1, -0.05) is 60.7 Å². The summed E-state index contributed by atoms with van der Waals surface area (Å²) in [4.78, 5) is 14.9. The highest BCUT2D eigenvalue weighted by Crippen LogP contribution is 2.30. The summed E-state index contributed by atoms with van der Waals surface area (Å²) in [5.74, 6) is 0.239. The molecule has 160 valence electrons. The van der Waals surface area contributed by atoms with Gasteiger partial charge >= 0.3 is 6.03 Å². The van der Waals surface area contributed by atoms with Crippen LogP contribution in [-0.4, -0.2) is 56.0 Å². The Morgan fingerprint density at radius 1 is 0.933 bits per heavy atom. The number of carbonyl (C=O) groups excluding carboxylic acids is 1. The van der Waals surface area contributed by atoms with Crippen LogP contribution >= 0.6 is 0 Å². The van der Waals surface area contributed by atoms with Crippen LogP contribution in [0.15, 0.2) is 60.7 Å². The van der Waals surface area contributed by atoms with Crippen LogP contribution in [-0.2, 0) is 15.9 Å². The molecule has 2 amide bonds. The average molecular weight is 409 g/mol. The van der Waals surface area contributed by atoms with Crippen molar-refractivity contribution >= 4 is 6.03 Å². The number of hydrogen-bond donors (Lipinski definition) is 1. The van der Waals surface area contributed by atoms with Gasteiger partial charge < -0.3 is 19.7 Å². The minimum absolute atomic E-state index is 0.0108. The van der Waals surface area contributed by atoms with Crippen LogP contribution in [0.1, 0.15) is 36.3 Å². The highest BCUT2D eigenvalue weighted by molar-refractivity contribution is 5.74. The van der Waals surface area contributed by atoms with E-state index in [2.05, 4.69) is 53.8 Å². The fourth-order valence-electron chi connectivity index (χ4n) is 4.49. The zero-order valence-corrected chi connectivity index (χ0v) is 17.6. The smallest absolute Gasteiger partial charge is 0.317 e. The van der Waals surface area contributed by atoms with Gasteiger partial charge in [0.2, 0.25) is 0 Å². The molecule has 1 atom stereocenters. The first-order valence-corrected chi connectivity index (χ1v) is 11.1. The Morgan fingerprint density at radius 3 is 2.37 bits per heavy atom. The van der Waals surface area contributed by atoms with E-state index in [-0.39, 0.29) is 17.6 Å². The van der Waals surface area contributed by atoms with E-state index in [1.54, 1.807) is 0 Å². The molecule has 4 rings (SSSR count). The Bertz CT molecular complexity index is 791. The summed E-state index contributed by atoms with van der Waals surface area (Å²) >= 11 is 0. The van der Waals surface area contributed by atoms with Crippen LogP contribution in [0.4, 0.5) is 4.79 Å². The second-order valence-corrected chi connectivity index (χ2v) is 8.36. The molecule has 5 nitrogen and oxygen atoms in total. The van der Waals surface area contributed by atoms with E-state index in [0.717, 1.165) is 45.4 Å². The molecule has 2 fully saturated rings. The molecule has 30 heavy (non-hydrogen) atoms. The molecule has 2 aliphatic rings. The predicted octanol–water partition coefficient (Wildman–Crippen LogP) is 3.99. The molecule has 0 aromatic heterocycles. The van der Waals surface area contributed by atoms with Gasteiger partial charge in [0.15, 0.2) is 0 Å². The molecule has 0 aliphatic carbocycles. The standard InChI is InChI=1S/C25H32N2O3/c28-24(27-14-11-25(30-18-15-27)12-16-29-17-13-25)26-20-23(22-9-5-2-6-10-22)19-21-7-3-1-4-8-21/h1-10,23H,11-20H2,(H,26,28). The van der Waals surface area contributed by atoms with Crippen molar-refractivity contribution in [3.8, 4) is 0 Å². The van der Waals surface area contributed by atoms with Crippen LogP contribution < -0.4 is 5.32 Å². The molecule has 2 aromatic carbocycles. The lowest BCUT2D eigenvalue weighted by atomic mass is 9.90. The van der Waals surface area contributed by atoms with Gasteiger partial charge in [0.05, 0.1) is 12.2 Å². The topological polar surface area (TPSA) is 50.8 Å². The van der Waals surface area contributed by atoms with Crippen LogP contribution in [0.3, 0.4) is 0 Å². The van der Waals surface area contributed by atoms with Gasteiger partial charge in [0.1, 0.15) is 0 Å². The quantitative estimate of drug-likeness (QED) is 0.814. The molecule has 2 aliphatic heterocycles. The minimum Gasteiger partial charge on any atom is -0.381 e. The maximum Gasteiger partial charge on any atom is 0.317 e. The Balaban J connectivity index is 1.36. The third-order valence-corrected chi connectivity index (χ3v) is 6.39. The molecule has 0 saturated carbocycles. The zero-order valence-electron chi connectivity index (χ0n) is 17.6. The van der Waals surface area contributed by atoms with E-state index >= 15 is 0 Å². The summed E-state index contributed by atoms with van der Waals surface area (Å²) in [6, 6.07) is 20.9. The number of hydrogen-bond acceptors (Lipinski definition) is 3. The third-order valence-electron chi connectivity index (χ3n) is 6.39. The lowest BCUT2D eigenvalue weighted by Crippen LogP contribution is -2.43. The number of ether oxygens (including phenoxy) is 2. The lowest BCUT2D eigenvalue weighted by Gasteiger charge is -2.35. The van der Waals surface area contributed by atoms with Gasteiger partial charge in [-0.3, -0.25) is 0 Å². The van der Waals surface area contributed by atoms with Gasteiger partial charge in [-0.2, -0.15) is 0 Å². The van der Waals surface area contributed by atoms with E-state index in [4.69, 9.17) is 9.47 Å². The summed E-state index contributed by atoms with van der Waals surface area (Å²) in [5.41, 5.74) is 2.43. The van der Waals surface area contributed by atoms with Crippen molar-refractivity contribution in [1.29, 1.82) is 0 Å². The van der Waals surface area contributed by atoms with Crippen molar-refractivity contribution in [3.05, 3.63) is 71.8 Å². The Morgan fingerprint density at radius 2 is 1.63 bits per heavy atom. The SMILES string of the molecule is O=C(NCC(Cc1ccccc1)c1ccccc1)N1CCOC2(CCOCC2)CC1. The number of carbonyl (C=O) groups is 1. The van der Waals surface area contributed by atoms with Crippen molar-refractivity contribution in [3.63, 3.8) is 0 Å². The zero-order chi connectivity index (χ0) is 20.7. The summed E-state index contributed by atoms with van der Waals surface area (Å²) in [6.07, 6.45) is 3.64. The Kier molecular flexibility index (Phi) is 7.03. The first-order valence-electron chi connectivity index (χ1n) is 11.1. The molecule has 0 bridgehead atoms. The van der Waals surface area contributed by atoms with E-state index in [1.807, 2.05) is 17.0 Å². The molecule has 0 radical (unpaired) electrons. The largest absolute Gasteiger partial charge is 0.381 e. The Labute approximate surface area is 179 Å². The number of benzene rings is 2. The van der Waals surface area contributed by atoms with Gasteiger partial charge in [-0.15, -0.1) is 0 Å². The number of nitrogens with zero attached hydrogens (tertiary/aromatic N) is 1. The molecule has 2 heterocycles. The van der Waals surface area contributed by atoms with Crippen LogP contribution in [0.2, 0.25) is 0 Å². The molecular weight excluding hydrogens is 376 g/mol. The van der Waals surface area contributed by atoms with Crippen LogP contribution in [0.5, 0.6) is 0 Å². The molecular formula is C25H32N2O3. The average Bonchev–Trinajstić information content (AvgIpc) is 3.01. The van der Waals surface area contributed by atoms with Gasteiger partial charge in [0.25, 0.3) is 0 Å². The first kappa shape index (κ1) is 20.9. The second-order valence-electron chi connectivity index (χ2n) is 8.36. The Hall–Kier alpha value is -2.37. The molecule has 1 spiro atoms. The van der Waals surface area contributed by atoms with Crippen LogP contribution in [0.25, 0.3) is 0 Å². The molecule has 2 aromatic rings. The van der Waals surface area contributed by atoms with Crippen molar-refractivity contribution in [1.82, 2.24) is 10.2 Å². The molecule has 2 saturated heterocycles. The maximum absolute atomic E-state index is 12.9. The van der Waals surface area contributed by atoms with Gasteiger partial charge in [-0.25, -0.2) is 4.79 Å². The predicted molar refractivity (Wildman–Crippen MR) is 118 cm³/mol. The number of amides is 2. The van der Waals surface area contributed by atoms with Crippen LogP contribution in [0, 0.1) is 0 Å². The van der Waals surface area contributed by atoms with Crippen molar-refractivity contribution in [2.24, 2.45) is 0 Å². The van der Waals surface area contributed by atoms with E-state index in [0.29, 0.717) is 19.7 Å². The fraction of sp³-hybridized carbons (Fsp3) is 0.480. The summed E-state index contributed by atoms with van der Waals surface area (Å²) in [7, 11) is 0. The summed E-state index contributed by atoms with van der Waals surface area (Å²) in [6.45, 7) is 4.10. The molecule has 1 unspecified atom stereocenters. The van der Waals surface area contributed by atoms with Crippen molar-refractivity contribution in [2.45, 2.75) is 37.2 Å². The maximum atomic E-state index is 12.9. The first-order chi connectivity index (χ1) is 14.7. The normalized spacial score (nSPS) is 19.8. The minimum atomic E-state index is -0.104. The van der Waals surface area contributed by atoms with Gasteiger partial charge in [0, 0.05) is 38.8 Å². The van der Waals surface area contributed by atoms with Crippen molar-refractivity contribution in [2.75, 3.05) is 39.5 Å². The third kappa shape index (κ3) is 5.41. The fourth-order valence-corrected chi connectivity index (χ4v) is 4.49. The summed E-state index contributed by atoms with van der Waals surface area (Å²) < 4.78 is 11.7. The number of nitrogens with one attached hydrogen (secondary N) is 1. The lowest BCUT2D eigenvalue weighted by molar-refractivity contribution is -0.105. The molecule has 5 heteroatoms. The van der Waals surface area contributed by atoms with Crippen molar-refractivity contribution < 1.29 is 14.3 Å². The summed E-state index contributed by atoms with van der Waals surface area (Å²) in [5, 5.41) is 3.20. The molecule has 1 N–H and O–H groups in total. The highest BCUT2D eigenvalue weighted by atomic mass is 16.5. The van der Waals surface area contributed by atoms with E-state index in [1.165, 1.54) is 11.1 Å². The van der Waals surface area contributed by atoms with E-state index in [9.17, 15) is 4.79 Å².